The summed E-state index contributed by atoms with van der Waals surface area (Å²) in [5.74, 6) is 0. The van der Waals surface area contributed by atoms with Gasteiger partial charge in [0.15, 0.2) is 0 Å². The summed E-state index contributed by atoms with van der Waals surface area (Å²) in [4.78, 5) is 29.3. The van der Waals surface area contributed by atoms with Crippen LogP contribution in [0.1, 0.15) is 0 Å². The van der Waals surface area contributed by atoms with E-state index in [1.54, 1.807) is 0 Å². The van der Waals surface area contributed by atoms with Crippen molar-refractivity contribution in [3.63, 3.8) is 0 Å². The average Bonchev–Trinajstić information content (AvgIpc) is 0.722. The van der Waals surface area contributed by atoms with E-state index in [2.05, 4.69) is 0 Å². The molecule has 0 aliphatic carbocycles. The molecule has 9 heteroatoms. The summed E-state index contributed by atoms with van der Waals surface area (Å²) in [6, 6.07) is 0. The molecule has 0 rings (SSSR count). The summed E-state index contributed by atoms with van der Waals surface area (Å²) in [7, 11) is -4.61. The molecule has 0 aromatic rings. The van der Waals surface area contributed by atoms with Gasteiger partial charge < -0.3 is 19.2 Å². The minimum atomic E-state index is -4.61. The maximum absolute atomic E-state index is 7.33. The van der Waals surface area contributed by atoms with E-state index in [4.69, 9.17) is 19.2 Å². The molecule has 4 N–H and O–H groups in total. The third-order valence-corrected chi connectivity index (χ3v) is 0. The molecule has 0 saturated heterocycles. The minimum absolute atomic E-state index is 0. The molecule has 0 amide bonds. The molecule has 0 unspecified atom stereocenters. The van der Waals surface area contributed by atoms with Crippen molar-refractivity contribution in [3.8, 4) is 0 Å². The Hall–Kier alpha value is 5.10. The molecule has 0 radical (unpaired) electrons. The van der Waals surface area contributed by atoms with Crippen LogP contribution in [0.15, 0.2) is 0 Å². The summed E-state index contributed by atoms with van der Waals surface area (Å²) in [6.45, 7) is 0. The molecular formula is H12Ca4O4Si. The van der Waals surface area contributed by atoms with Crippen LogP contribution in [-0.2, 0) is 0 Å². The molecule has 0 aromatic heterocycles. The molecule has 0 bridgehead atoms. The van der Waals surface area contributed by atoms with E-state index >= 15 is 0 Å². The quantitative estimate of drug-likeness (QED) is 0.328. The summed E-state index contributed by atoms with van der Waals surface area (Å²) in [6.07, 6.45) is 0. The first-order valence-electron chi connectivity index (χ1n) is 0.894. The summed E-state index contributed by atoms with van der Waals surface area (Å²) < 4.78 is 0. The van der Waals surface area contributed by atoms with Crippen molar-refractivity contribution in [2.45, 2.75) is 0 Å². The van der Waals surface area contributed by atoms with Crippen molar-refractivity contribution in [1.29, 1.82) is 0 Å². The zero-order valence-corrected chi connectivity index (χ0v) is 3.29. The van der Waals surface area contributed by atoms with Gasteiger partial charge in [0.1, 0.15) is 0 Å². The van der Waals surface area contributed by atoms with Crippen molar-refractivity contribution in [2.24, 2.45) is 0 Å². The van der Waals surface area contributed by atoms with E-state index in [9.17, 15) is 0 Å². The Balaban J connectivity index is -0.0000000133. The number of hydrogen-bond acceptors (Lipinski definition) is 4. The van der Waals surface area contributed by atoms with Gasteiger partial charge >= 0.3 is 160 Å². The molecule has 9 heavy (non-hydrogen) atoms. The average molecular weight is 264 g/mol. The van der Waals surface area contributed by atoms with Crippen molar-refractivity contribution in [2.75, 3.05) is 0 Å². The maximum atomic E-state index is 7.33. The van der Waals surface area contributed by atoms with Crippen molar-refractivity contribution in [3.05, 3.63) is 0 Å². The van der Waals surface area contributed by atoms with Crippen molar-refractivity contribution < 1.29 is 19.2 Å². The van der Waals surface area contributed by atoms with Crippen LogP contribution in [0.4, 0.5) is 0 Å². The molecule has 0 saturated carbocycles. The first kappa shape index (κ1) is 29.2. The molecular weight excluding hydrogens is 252 g/mol. The molecule has 48 valence electrons. The normalized spacial score (nSPS) is 6.67. The van der Waals surface area contributed by atoms with E-state index < -0.39 is 9.05 Å². The van der Waals surface area contributed by atoms with E-state index in [0.717, 1.165) is 0 Å². The van der Waals surface area contributed by atoms with E-state index in [-0.39, 0.29) is 151 Å². The summed E-state index contributed by atoms with van der Waals surface area (Å²) >= 11 is 0. The molecule has 0 atom stereocenters. The topological polar surface area (TPSA) is 80.9 Å². The standard InChI is InChI=1S/4Ca.H4O4Si.8H/c;;;;1-5(2,3)4;;;;;;;;/h;;;;1-4H;;;;;;;;. The summed E-state index contributed by atoms with van der Waals surface area (Å²) in [5.41, 5.74) is 0. The number of hydrogen-bond donors (Lipinski definition) is 4. The molecule has 0 aliphatic heterocycles. The Morgan fingerprint density at radius 1 is 0.556 bits per heavy atom. The predicted molar refractivity (Wildman–Crippen MR) is 48.8 cm³/mol. The SMILES string of the molecule is O[Si](O)(O)O.[CaH2].[CaH2].[CaH2].[CaH2]. The van der Waals surface area contributed by atoms with E-state index in [1.807, 2.05) is 0 Å². The van der Waals surface area contributed by atoms with Gasteiger partial charge in [-0.3, -0.25) is 0 Å². The van der Waals surface area contributed by atoms with Crippen LogP contribution in [0, 0.1) is 0 Å². The van der Waals surface area contributed by atoms with E-state index in [1.165, 1.54) is 0 Å². The first-order valence-corrected chi connectivity index (χ1v) is 2.68. The molecule has 0 aromatic carbocycles. The third kappa shape index (κ3) is 62.1. The number of rotatable bonds is 0. The van der Waals surface area contributed by atoms with E-state index in [0.29, 0.717) is 0 Å². The Morgan fingerprint density at radius 3 is 0.556 bits per heavy atom. The van der Waals surface area contributed by atoms with Gasteiger partial charge in [0.05, 0.1) is 0 Å². The molecule has 0 spiro atoms. The fourth-order valence-electron chi connectivity index (χ4n) is 0. The Morgan fingerprint density at radius 2 is 0.556 bits per heavy atom. The Bertz CT molecular complexity index is 28.0. The second-order valence-corrected chi connectivity index (χ2v) is 1.80. The van der Waals surface area contributed by atoms with Crippen LogP contribution in [0.2, 0.25) is 0 Å². The van der Waals surface area contributed by atoms with Gasteiger partial charge in [-0.2, -0.15) is 0 Å². The van der Waals surface area contributed by atoms with Crippen molar-refractivity contribution >= 4 is 160 Å². The van der Waals surface area contributed by atoms with Crippen LogP contribution in [0.3, 0.4) is 0 Å². The van der Waals surface area contributed by atoms with Gasteiger partial charge in [-0.1, -0.05) is 0 Å². The van der Waals surface area contributed by atoms with Crippen molar-refractivity contribution in [1.82, 2.24) is 0 Å². The molecule has 4 nitrogen and oxygen atoms in total. The zero-order chi connectivity index (χ0) is 4.50. The van der Waals surface area contributed by atoms with Crippen LogP contribution >= 0.6 is 0 Å². The third-order valence-electron chi connectivity index (χ3n) is 0. The summed E-state index contributed by atoms with van der Waals surface area (Å²) in [5, 5.41) is 0. The van der Waals surface area contributed by atoms with Gasteiger partial charge in [-0.25, -0.2) is 0 Å². The fourth-order valence-corrected chi connectivity index (χ4v) is 0. The monoisotopic (exact) mass is 264 g/mol. The van der Waals surface area contributed by atoms with Gasteiger partial charge in [0.2, 0.25) is 0 Å². The molecule has 0 fully saturated rings. The van der Waals surface area contributed by atoms with Crippen LogP contribution in [-0.4, -0.2) is 179 Å². The zero-order valence-electron chi connectivity index (χ0n) is 2.29. The molecule has 0 aliphatic rings. The predicted octanol–water partition coefficient (Wildman–Crippen LogP) is -6.27. The second-order valence-electron chi connectivity index (χ2n) is 0.600. The second kappa shape index (κ2) is 15.6. The van der Waals surface area contributed by atoms with Gasteiger partial charge in [-0.05, 0) is 0 Å². The fraction of sp³-hybridized carbons (Fsp3) is 0. The van der Waals surface area contributed by atoms with Gasteiger partial charge in [0, 0.05) is 0 Å². The van der Waals surface area contributed by atoms with Crippen LogP contribution < -0.4 is 0 Å². The van der Waals surface area contributed by atoms with Gasteiger partial charge in [0.25, 0.3) is 0 Å². The Labute approximate surface area is 174 Å². The first-order chi connectivity index (χ1) is 2.00. The van der Waals surface area contributed by atoms with Crippen LogP contribution in [0.5, 0.6) is 0 Å². The Kier molecular flexibility index (Phi) is 50.5. The van der Waals surface area contributed by atoms with Gasteiger partial charge in [-0.15, -0.1) is 0 Å². The molecule has 0 heterocycles. The van der Waals surface area contributed by atoms with Crippen LogP contribution in [0.25, 0.3) is 0 Å².